The van der Waals surface area contributed by atoms with Crippen LogP contribution in [0.15, 0.2) is 0 Å². The van der Waals surface area contributed by atoms with Gasteiger partial charge in [-0.05, 0) is 32.4 Å². The molecule has 0 heterocycles. The summed E-state index contributed by atoms with van der Waals surface area (Å²) in [6.45, 7) is 8.60. The zero-order chi connectivity index (χ0) is 10.1. The van der Waals surface area contributed by atoms with E-state index in [-0.39, 0.29) is 0 Å². The van der Waals surface area contributed by atoms with E-state index in [1.807, 2.05) is 0 Å². The molecule has 0 aromatic carbocycles. The normalized spacial score (nSPS) is 15.7. The summed E-state index contributed by atoms with van der Waals surface area (Å²) < 4.78 is 0. The summed E-state index contributed by atoms with van der Waals surface area (Å²) in [6.07, 6.45) is 5.09. The molecule has 80 valence electrons. The molecule has 0 aromatic heterocycles. The first kappa shape index (κ1) is 12.9. The van der Waals surface area contributed by atoms with Crippen molar-refractivity contribution in [3.8, 4) is 0 Å². The molecule has 0 saturated carbocycles. The third kappa shape index (κ3) is 7.03. The highest BCUT2D eigenvalue weighted by atomic mass is 14.9. The van der Waals surface area contributed by atoms with Gasteiger partial charge in [-0.25, -0.2) is 0 Å². The van der Waals surface area contributed by atoms with Crippen LogP contribution in [0.2, 0.25) is 0 Å². The molecular formula is C11H26N2. The molecule has 3 N–H and O–H groups in total. The first-order chi connectivity index (χ1) is 6.24. The van der Waals surface area contributed by atoms with Gasteiger partial charge in [-0.1, -0.05) is 33.1 Å². The fourth-order valence-electron chi connectivity index (χ4n) is 1.37. The van der Waals surface area contributed by atoms with Crippen LogP contribution in [0, 0.1) is 5.92 Å². The van der Waals surface area contributed by atoms with Crippen LogP contribution in [0.1, 0.15) is 46.5 Å². The van der Waals surface area contributed by atoms with Gasteiger partial charge in [0.1, 0.15) is 0 Å². The van der Waals surface area contributed by atoms with Gasteiger partial charge in [-0.15, -0.1) is 0 Å². The van der Waals surface area contributed by atoms with Crippen LogP contribution in [0.5, 0.6) is 0 Å². The lowest BCUT2D eigenvalue weighted by atomic mass is 10.1. The van der Waals surface area contributed by atoms with Crippen molar-refractivity contribution in [2.45, 2.75) is 52.5 Å². The molecule has 0 spiro atoms. The predicted molar refractivity (Wildman–Crippen MR) is 59.8 cm³/mol. The highest BCUT2D eigenvalue weighted by molar-refractivity contribution is 4.66. The largest absolute Gasteiger partial charge is 0.330 e. The summed E-state index contributed by atoms with van der Waals surface area (Å²) in [7, 11) is 0. The van der Waals surface area contributed by atoms with E-state index in [4.69, 9.17) is 5.73 Å². The van der Waals surface area contributed by atoms with Crippen molar-refractivity contribution in [2.24, 2.45) is 11.7 Å². The maximum Gasteiger partial charge on any atom is 0.00388 e. The summed E-state index contributed by atoms with van der Waals surface area (Å²) in [5, 5.41) is 3.54. The van der Waals surface area contributed by atoms with Crippen molar-refractivity contribution < 1.29 is 0 Å². The molecule has 13 heavy (non-hydrogen) atoms. The van der Waals surface area contributed by atoms with Crippen LogP contribution in [0.4, 0.5) is 0 Å². The van der Waals surface area contributed by atoms with Gasteiger partial charge >= 0.3 is 0 Å². The summed E-state index contributed by atoms with van der Waals surface area (Å²) in [5.74, 6) is 0.657. The first-order valence-electron chi connectivity index (χ1n) is 5.68. The van der Waals surface area contributed by atoms with E-state index in [2.05, 4.69) is 26.1 Å². The van der Waals surface area contributed by atoms with Crippen molar-refractivity contribution in [3.05, 3.63) is 0 Å². The van der Waals surface area contributed by atoms with Gasteiger partial charge in [0.15, 0.2) is 0 Å². The minimum absolute atomic E-state index is 0.653. The van der Waals surface area contributed by atoms with E-state index in [1.54, 1.807) is 0 Å². The predicted octanol–water partition coefficient (Wildman–Crippen LogP) is 2.14. The van der Waals surface area contributed by atoms with Crippen molar-refractivity contribution in [2.75, 3.05) is 13.1 Å². The molecule has 0 aliphatic heterocycles. The van der Waals surface area contributed by atoms with E-state index in [9.17, 15) is 0 Å². The maximum atomic E-state index is 5.63. The molecule has 0 aliphatic rings. The zero-order valence-electron chi connectivity index (χ0n) is 9.47. The summed E-state index contributed by atoms with van der Waals surface area (Å²) >= 11 is 0. The Labute approximate surface area is 83.3 Å². The Hall–Kier alpha value is -0.0800. The van der Waals surface area contributed by atoms with E-state index >= 15 is 0 Å². The van der Waals surface area contributed by atoms with Gasteiger partial charge in [-0.2, -0.15) is 0 Å². The molecule has 2 unspecified atom stereocenters. The Morgan fingerprint density at radius 3 is 2.46 bits per heavy atom. The molecule has 2 heteroatoms. The molecule has 0 radical (unpaired) electrons. The smallest absolute Gasteiger partial charge is 0.00388 e. The lowest BCUT2D eigenvalue weighted by molar-refractivity contribution is 0.416. The van der Waals surface area contributed by atoms with Crippen molar-refractivity contribution >= 4 is 0 Å². The summed E-state index contributed by atoms with van der Waals surface area (Å²) in [4.78, 5) is 0. The van der Waals surface area contributed by atoms with Crippen LogP contribution in [-0.2, 0) is 0 Å². The van der Waals surface area contributed by atoms with E-state index in [1.165, 1.54) is 25.7 Å². The number of hydrogen-bond donors (Lipinski definition) is 2. The third-order valence-corrected chi connectivity index (χ3v) is 2.66. The Balaban J connectivity index is 3.38. The van der Waals surface area contributed by atoms with E-state index < -0.39 is 0 Å². The molecule has 0 fully saturated rings. The van der Waals surface area contributed by atoms with Crippen LogP contribution < -0.4 is 11.1 Å². The van der Waals surface area contributed by atoms with E-state index in [0.717, 1.165) is 13.1 Å². The minimum atomic E-state index is 0.653. The number of nitrogens with two attached hydrogens (primary N) is 1. The van der Waals surface area contributed by atoms with Gasteiger partial charge in [0.05, 0.1) is 0 Å². The Kier molecular flexibility index (Phi) is 8.46. The maximum absolute atomic E-state index is 5.63. The number of nitrogens with one attached hydrogen (secondary N) is 1. The fraction of sp³-hybridized carbons (Fsp3) is 1.00. The number of rotatable bonds is 8. The Morgan fingerprint density at radius 1 is 1.31 bits per heavy atom. The van der Waals surface area contributed by atoms with Gasteiger partial charge in [0, 0.05) is 6.04 Å². The fourth-order valence-corrected chi connectivity index (χ4v) is 1.37. The monoisotopic (exact) mass is 186 g/mol. The minimum Gasteiger partial charge on any atom is -0.330 e. The van der Waals surface area contributed by atoms with Crippen LogP contribution in [-0.4, -0.2) is 19.1 Å². The lowest BCUT2D eigenvalue weighted by Crippen LogP contribution is -2.33. The zero-order valence-corrected chi connectivity index (χ0v) is 9.47. The Bertz CT molecular complexity index is 100. The molecule has 0 aliphatic carbocycles. The standard InChI is InChI=1S/C11H26N2/c1-4-6-7-10(3)13-9-11(5-2)8-12/h10-11,13H,4-9,12H2,1-3H3. The summed E-state index contributed by atoms with van der Waals surface area (Å²) in [5.41, 5.74) is 5.63. The second-order valence-electron chi connectivity index (χ2n) is 3.96. The number of unbranched alkanes of at least 4 members (excludes halogenated alkanes) is 1. The van der Waals surface area contributed by atoms with Crippen molar-refractivity contribution in [1.82, 2.24) is 5.32 Å². The quantitative estimate of drug-likeness (QED) is 0.609. The van der Waals surface area contributed by atoms with Gasteiger partial charge in [0.25, 0.3) is 0 Å². The van der Waals surface area contributed by atoms with Gasteiger partial charge in [-0.3, -0.25) is 0 Å². The Morgan fingerprint density at radius 2 is 2.00 bits per heavy atom. The van der Waals surface area contributed by atoms with Crippen LogP contribution in [0.25, 0.3) is 0 Å². The molecule has 0 saturated heterocycles. The third-order valence-electron chi connectivity index (χ3n) is 2.66. The average molecular weight is 186 g/mol. The lowest BCUT2D eigenvalue weighted by Gasteiger charge is -2.18. The van der Waals surface area contributed by atoms with Crippen molar-refractivity contribution in [1.29, 1.82) is 0 Å². The highest BCUT2D eigenvalue weighted by Crippen LogP contribution is 2.02. The number of hydrogen-bond acceptors (Lipinski definition) is 2. The topological polar surface area (TPSA) is 38.0 Å². The van der Waals surface area contributed by atoms with Gasteiger partial charge < -0.3 is 11.1 Å². The molecular weight excluding hydrogens is 160 g/mol. The molecule has 0 amide bonds. The molecule has 0 aromatic rings. The SMILES string of the molecule is CCCCC(C)NCC(CC)CN. The second kappa shape index (κ2) is 8.52. The molecule has 2 nitrogen and oxygen atoms in total. The van der Waals surface area contributed by atoms with E-state index in [0.29, 0.717) is 12.0 Å². The highest BCUT2D eigenvalue weighted by Gasteiger charge is 2.05. The first-order valence-corrected chi connectivity index (χ1v) is 5.68. The van der Waals surface area contributed by atoms with Crippen LogP contribution >= 0.6 is 0 Å². The molecule has 0 rings (SSSR count). The van der Waals surface area contributed by atoms with Crippen LogP contribution in [0.3, 0.4) is 0 Å². The van der Waals surface area contributed by atoms with Gasteiger partial charge in [0.2, 0.25) is 0 Å². The summed E-state index contributed by atoms with van der Waals surface area (Å²) in [6, 6.07) is 0.653. The molecule has 0 bridgehead atoms. The van der Waals surface area contributed by atoms with Crippen molar-refractivity contribution in [3.63, 3.8) is 0 Å². The second-order valence-corrected chi connectivity index (χ2v) is 3.96. The molecule has 2 atom stereocenters. The average Bonchev–Trinajstić information content (AvgIpc) is 2.16.